The Kier molecular flexibility index (Phi) is 6.09. The lowest BCUT2D eigenvalue weighted by Gasteiger charge is -2.18. The van der Waals surface area contributed by atoms with Gasteiger partial charge in [-0.25, -0.2) is 4.39 Å². The van der Waals surface area contributed by atoms with Crippen LogP contribution in [0.3, 0.4) is 0 Å². The Hall–Kier alpha value is -1.73. The van der Waals surface area contributed by atoms with E-state index < -0.39 is 5.82 Å². The third-order valence-corrected chi connectivity index (χ3v) is 3.63. The minimum Gasteiger partial charge on any atom is -0.385 e. The van der Waals surface area contributed by atoms with Gasteiger partial charge in [0, 0.05) is 38.9 Å². The van der Waals surface area contributed by atoms with Crippen molar-refractivity contribution in [2.75, 3.05) is 37.0 Å². The van der Waals surface area contributed by atoms with Crippen molar-refractivity contribution < 1.29 is 13.9 Å². The summed E-state index contributed by atoms with van der Waals surface area (Å²) in [6.45, 7) is 1.91. The monoisotopic (exact) mass is 325 g/mol. The maximum Gasteiger partial charge on any atom is 0.227 e. The predicted octanol–water partition coefficient (Wildman–Crippen LogP) is 2.28. The molecule has 1 saturated heterocycles. The van der Waals surface area contributed by atoms with Crippen LogP contribution in [-0.2, 0) is 9.53 Å². The number of hydrogen-bond acceptors (Lipinski definition) is 3. The smallest absolute Gasteiger partial charge is 0.227 e. The molecule has 1 aromatic carbocycles. The number of methoxy groups -OCH3 is 1. The maximum absolute atomic E-state index is 13.9. The van der Waals surface area contributed by atoms with Gasteiger partial charge >= 0.3 is 0 Å². The summed E-state index contributed by atoms with van der Waals surface area (Å²) in [5.74, 6) is -0.448. The second-order valence-electron chi connectivity index (χ2n) is 5.04. The number of carbonyl (C=O) groups is 1. The van der Waals surface area contributed by atoms with Crippen LogP contribution in [-0.4, -0.2) is 37.8 Å². The fourth-order valence-corrected chi connectivity index (χ4v) is 2.51. The van der Waals surface area contributed by atoms with E-state index in [-0.39, 0.29) is 5.91 Å². The standard InChI is InChI=1S/C15H20FN3O2S/c1-21-9-3-7-17-15(22)18-11-5-6-12(16)13(10-11)19-8-2-4-14(19)20/h5-6,10H,2-4,7-9H2,1H3,(H2,17,18,22). The lowest BCUT2D eigenvalue weighted by molar-refractivity contribution is -0.117. The molecular formula is C15H20FN3O2S. The van der Waals surface area contributed by atoms with Crippen molar-refractivity contribution >= 4 is 34.6 Å². The molecule has 5 nitrogen and oxygen atoms in total. The van der Waals surface area contributed by atoms with Gasteiger partial charge in [-0.1, -0.05) is 0 Å². The summed E-state index contributed by atoms with van der Waals surface area (Å²) >= 11 is 5.18. The molecule has 0 unspecified atom stereocenters. The molecular weight excluding hydrogens is 305 g/mol. The number of thiocarbonyl (C=S) groups is 1. The molecule has 120 valence electrons. The van der Waals surface area contributed by atoms with Crippen LogP contribution in [0.1, 0.15) is 19.3 Å². The first-order valence-corrected chi connectivity index (χ1v) is 7.66. The van der Waals surface area contributed by atoms with Crippen LogP contribution in [0.4, 0.5) is 15.8 Å². The second-order valence-corrected chi connectivity index (χ2v) is 5.45. The summed E-state index contributed by atoms with van der Waals surface area (Å²) in [5, 5.41) is 6.50. The van der Waals surface area contributed by atoms with Crippen LogP contribution in [0.5, 0.6) is 0 Å². The van der Waals surface area contributed by atoms with Gasteiger partial charge in [-0.2, -0.15) is 0 Å². The summed E-state index contributed by atoms with van der Waals surface area (Å²) in [6.07, 6.45) is 2.07. The molecule has 0 aliphatic carbocycles. The molecule has 0 bridgehead atoms. The quantitative estimate of drug-likeness (QED) is 0.621. The molecule has 1 aliphatic rings. The Morgan fingerprint density at radius 2 is 2.32 bits per heavy atom. The number of anilines is 2. The van der Waals surface area contributed by atoms with E-state index >= 15 is 0 Å². The van der Waals surface area contributed by atoms with Crippen molar-refractivity contribution in [3.8, 4) is 0 Å². The van der Waals surface area contributed by atoms with E-state index in [1.807, 2.05) is 0 Å². The van der Waals surface area contributed by atoms with Gasteiger partial charge in [-0.3, -0.25) is 4.79 Å². The lowest BCUT2D eigenvalue weighted by atomic mass is 10.2. The zero-order valence-electron chi connectivity index (χ0n) is 12.5. The number of amides is 1. The third-order valence-electron chi connectivity index (χ3n) is 3.38. The highest BCUT2D eigenvalue weighted by Gasteiger charge is 2.24. The van der Waals surface area contributed by atoms with Gasteiger partial charge in [-0.05, 0) is 43.3 Å². The third kappa shape index (κ3) is 4.38. The van der Waals surface area contributed by atoms with E-state index in [0.29, 0.717) is 42.6 Å². The highest BCUT2D eigenvalue weighted by atomic mass is 32.1. The van der Waals surface area contributed by atoms with Gasteiger partial charge < -0.3 is 20.3 Å². The van der Waals surface area contributed by atoms with Crippen LogP contribution in [0.2, 0.25) is 0 Å². The van der Waals surface area contributed by atoms with Crippen LogP contribution in [0, 0.1) is 5.82 Å². The Bertz CT molecular complexity index is 554. The number of hydrogen-bond donors (Lipinski definition) is 2. The normalized spacial score (nSPS) is 14.3. The minimum atomic E-state index is -0.403. The minimum absolute atomic E-state index is 0.0451. The summed E-state index contributed by atoms with van der Waals surface area (Å²) in [6, 6.07) is 4.56. The second kappa shape index (κ2) is 8.05. The molecule has 0 radical (unpaired) electrons. The fourth-order valence-electron chi connectivity index (χ4n) is 2.29. The van der Waals surface area contributed by atoms with E-state index in [1.165, 1.54) is 11.0 Å². The van der Waals surface area contributed by atoms with Crippen molar-refractivity contribution in [2.45, 2.75) is 19.3 Å². The molecule has 1 aliphatic heterocycles. The van der Waals surface area contributed by atoms with Crippen molar-refractivity contribution in [3.05, 3.63) is 24.0 Å². The highest BCUT2D eigenvalue weighted by molar-refractivity contribution is 7.80. The maximum atomic E-state index is 13.9. The van der Waals surface area contributed by atoms with Gasteiger partial charge in [0.2, 0.25) is 5.91 Å². The van der Waals surface area contributed by atoms with Crippen LogP contribution in [0.15, 0.2) is 18.2 Å². The summed E-state index contributed by atoms with van der Waals surface area (Å²) in [4.78, 5) is 13.2. The fraction of sp³-hybridized carbons (Fsp3) is 0.467. The highest BCUT2D eigenvalue weighted by Crippen LogP contribution is 2.27. The summed E-state index contributed by atoms with van der Waals surface area (Å²) < 4.78 is 18.9. The zero-order valence-corrected chi connectivity index (χ0v) is 13.3. The Labute approximate surface area is 134 Å². The van der Waals surface area contributed by atoms with Gasteiger partial charge in [0.15, 0.2) is 5.11 Å². The molecule has 1 heterocycles. The number of ether oxygens (including phenoxy) is 1. The summed E-state index contributed by atoms with van der Waals surface area (Å²) in [7, 11) is 1.65. The molecule has 1 amide bonds. The molecule has 0 saturated carbocycles. The summed E-state index contributed by atoms with van der Waals surface area (Å²) in [5.41, 5.74) is 0.954. The SMILES string of the molecule is COCCCNC(=S)Nc1ccc(F)c(N2CCCC2=O)c1. The molecule has 22 heavy (non-hydrogen) atoms. The van der Waals surface area contributed by atoms with E-state index in [1.54, 1.807) is 19.2 Å². The van der Waals surface area contributed by atoms with Gasteiger partial charge in [0.1, 0.15) is 5.82 Å². The molecule has 2 N–H and O–H groups in total. The van der Waals surface area contributed by atoms with Crippen LogP contribution < -0.4 is 15.5 Å². The van der Waals surface area contributed by atoms with Crippen molar-refractivity contribution in [1.82, 2.24) is 5.32 Å². The molecule has 2 rings (SSSR count). The van der Waals surface area contributed by atoms with Crippen LogP contribution in [0.25, 0.3) is 0 Å². The molecule has 1 fully saturated rings. The number of rotatable bonds is 6. The number of halogens is 1. The molecule has 0 spiro atoms. The number of nitrogens with zero attached hydrogens (tertiary/aromatic N) is 1. The lowest BCUT2D eigenvalue weighted by Crippen LogP contribution is -2.30. The van der Waals surface area contributed by atoms with Crippen molar-refractivity contribution in [1.29, 1.82) is 0 Å². The predicted molar refractivity (Wildman–Crippen MR) is 88.7 cm³/mol. The van der Waals surface area contributed by atoms with E-state index in [9.17, 15) is 9.18 Å². The number of carbonyl (C=O) groups excluding carboxylic acids is 1. The first kappa shape index (κ1) is 16.6. The molecule has 0 aromatic heterocycles. The van der Waals surface area contributed by atoms with E-state index in [4.69, 9.17) is 17.0 Å². The van der Waals surface area contributed by atoms with Gasteiger partial charge in [0.25, 0.3) is 0 Å². The van der Waals surface area contributed by atoms with Crippen molar-refractivity contribution in [3.63, 3.8) is 0 Å². The van der Waals surface area contributed by atoms with E-state index in [2.05, 4.69) is 10.6 Å². The number of benzene rings is 1. The first-order chi connectivity index (χ1) is 10.6. The average molecular weight is 325 g/mol. The molecule has 1 aromatic rings. The Morgan fingerprint density at radius 1 is 1.50 bits per heavy atom. The Morgan fingerprint density at radius 3 is 3.00 bits per heavy atom. The van der Waals surface area contributed by atoms with Gasteiger partial charge in [0.05, 0.1) is 5.69 Å². The van der Waals surface area contributed by atoms with Gasteiger partial charge in [-0.15, -0.1) is 0 Å². The largest absolute Gasteiger partial charge is 0.385 e. The van der Waals surface area contributed by atoms with E-state index in [0.717, 1.165) is 12.8 Å². The first-order valence-electron chi connectivity index (χ1n) is 7.25. The van der Waals surface area contributed by atoms with Crippen LogP contribution >= 0.6 is 12.2 Å². The Balaban J connectivity index is 1.97. The zero-order chi connectivity index (χ0) is 15.9. The number of nitrogens with one attached hydrogen (secondary N) is 2. The molecule has 0 atom stereocenters. The molecule has 7 heteroatoms. The topological polar surface area (TPSA) is 53.6 Å². The van der Waals surface area contributed by atoms with Crippen molar-refractivity contribution in [2.24, 2.45) is 0 Å². The average Bonchev–Trinajstić information content (AvgIpc) is 2.92.